The molecule has 0 heterocycles. The van der Waals surface area contributed by atoms with Gasteiger partial charge in [0, 0.05) is 5.57 Å². The van der Waals surface area contributed by atoms with E-state index in [1.807, 2.05) is 6.92 Å². The zero-order valence-electron chi connectivity index (χ0n) is 9.94. The van der Waals surface area contributed by atoms with E-state index in [0.29, 0.717) is 18.8 Å². The van der Waals surface area contributed by atoms with Crippen molar-refractivity contribution in [1.82, 2.24) is 0 Å². The standard InChI is InChI=1S/C12H20O4/c1-4-6-15-9-11(13)8-10(3)12(14)16-7-5-2/h4,8,11,13H,1,5-7,9H2,2-3H3. The molecule has 92 valence electrons. The van der Waals surface area contributed by atoms with E-state index in [9.17, 15) is 9.90 Å². The van der Waals surface area contributed by atoms with Gasteiger partial charge in [0.15, 0.2) is 0 Å². The third kappa shape index (κ3) is 7.20. The molecular formula is C12H20O4. The van der Waals surface area contributed by atoms with E-state index in [0.717, 1.165) is 6.42 Å². The molecule has 0 rings (SSSR count). The number of carbonyl (C=O) groups is 1. The van der Waals surface area contributed by atoms with Crippen molar-refractivity contribution in [3.63, 3.8) is 0 Å². The van der Waals surface area contributed by atoms with Crippen molar-refractivity contribution >= 4 is 5.97 Å². The van der Waals surface area contributed by atoms with Crippen molar-refractivity contribution in [2.75, 3.05) is 19.8 Å². The molecule has 1 atom stereocenters. The molecular weight excluding hydrogens is 208 g/mol. The van der Waals surface area contributed by atoms with E-state index in [-0.39, 0.29) is 6.61 Å². The topological polar surface area (TPSA) is 55.8 Å². The van der Waals surface area contributed by atoms with Crippen LogP contribution in [-0.2, 0) is 14.3 Å². The molecule has 0 aliphatic heterocycles. The molecule has 0 aromatic rings. The minimum atomic E-state index is -0.797. The van der Waals surface area contributed by atoms with Gasteiger partial charge in [0.1, 0.15) is 0 Å². The Morgan fingerprint density at radius 3 is 2.81 bits per heavy atom. The molecule has 0 radical (unpaired) electrons. The Bertz CT molecular complexity index is 245. The Hall–Kier alpha value is -1.13. The lowest BCUT2D eigenvalue weighted by Gasteiger charge is -2.07. The predicted molar refractivity (Wildman–Crippen MR) is 62.0 cm³/mol. The summed E-state index contributed by atoms with van der Waals surface area (Å²) in [6.07, 6.45) is 3.01. The third-order valence-corrected chi connectivity index (χ3v) is 1.73. The fourth-order valence-corrected chi connectivity index (χ4v) is 0.985. The van der Waals surface area contributed by atoms with Crippen LogP contribution in [-0.4, -0.2) is 37.0 Å². The molecule has 0 amide bonds. The molecule has 4 heteroatoms. The second-order valence-electron chi connectivity index (χ2n) is 3.38. The molecule has 0 saturated carbocycles. The van der Waals surface area contributed by atoms with Crippen molar-refractivity contribution < 1.29 is 19.4 Å². The SMILES string of the molecule is C=CCOCC(O)C=C(C)C(=O)OCCC. The van der Waals surface area contributed by atoms with Gasteiger partial charge in [-0.15, -0.1) is 6.58 Å². The van der Waals surface area contributed by atoms with E-state index in [4.69, 9.17) is 9.47 Å². The lowest BCUT2D eigenvalue weighted by atomic mass is 10.2. The summed E-state index contributed by atoms with van der Waals surface area (Å²) in [5.74, 6) is -0.398. The zero-order valence-corrected chi connectivity index (χ0v) is 9.94. The van der Waals surface area contributed by atoms with Crippen molar-refractivity contribution in [3.05, 3.63) is 24.3 Å². The fraction of sp³-hybridized carbons (Fsp3) is 0.583. The summed E-state index contributed by atoms with van der Waals surface area (Å²) >= 11 is 0. The maximum atomic E-state index is 11.3. The summed E-state index contributed by atoms with van der Waals surface area (Å²) in [6.45, 7) is 7.93. The second-order valence-corrected chi connectivity index (χ2v) is 3.38. The number of esters is 1. The van der Waals surface area contributed by atoms with Crippen LogP contribution >= 0.6 is 0 Å². The highest BCUT2D eigenvalue weighted by atomic mass is 16.5. The molecule has 0 spiro atoms. The number of aliphatic hydroxyl groups is 1. The van der Waals surface area contributed by atoms with Crippen molar-refractivity contribution in [2.24, 2.45) is 0 Å². The van der Waals surface area contributed by atoms with Gasteiger partial charge in [-0.1, -0.05) is 13.0 Å². The third-order valence-electron chi connectivity index (χ3n) is 1.73. The molecule has 1 N–H and O–H groups in total. The Labute approximate surface area is 96.6 Å². The normalized spacial score (nSPS) is 13.3. The molecule has 0 bridgehead atoms. The predicted octanol–water partition coefficient (Wildman–Crippen LogP) is 1.45. The van der Waals surface area contributed by atoms with Crippen molar-refractivity contribution in [2.45, 2.75) is 26.4 Å². The van der Waals surface area contributed by atoms with E-state index in [1.165, 1.54) is 6.08 Å². The minimum absolute atomic E-state index is 0.143. The van der Waals surface area contributed by atoms with Crippen LogP contribution in [0.5, 0.6) is 0 Å². The summed E-state index contributed by atoms with van der Waals surface area (Å²) in [5, 5.41) is 9.48. The summed E-state index contributed by atoms with van der Waals surface area (Å²) < 4.78 is 9.95. The van der Waals surface area contributed by atoms with Gasteiger partial charge in [-0.25, -0.2) is 4.79 Å². The number of aliphatic hydroxyl groups excluding tert-OH is 1. The van der Waals surface area contributed by atoms with Crippen LogP contribution in [0, 0.1) is 0 Å². The van der Waals surface area contributed by atoms with Crippen LogP contribution in [0.1, 0.15) is 20.3 Å². The molecule has 0 aliphatic rings. The largest absolute Gasteiger partial charge is 0.462 e. The average molecular weight is 228 g/mol. The Kier molecular flexibility index (Phi) is 8.48. The minimum Gasteiger partial charge on any atom is -0.462 e. The fourth-order valence-electron chi connectivity index (χ4n) is 0.985. The van der Waals surface area contributed by atoms with Crippen LogP contribution < -0.4 is 0 Å². The molecule has 0 fully saturated rings. The summed E-state index contributed by atoms with van der Waals surface area (Å²) in [7, 11) is 0. The van der Waals surface area contributed by atoms with E-state index in [1.54, 1.807) is 13.0 Å². The molecule has 1 unspecified atom stereocenters. The number of rotatable bonds is 8. The molecule has 0 saturated heterocycles. The van der Waals surface area contributed by atoms with Gasteiger partial charge in [-0.05, 0) is 19.4 Å². The smallest absolute Gasteiger partial charge is 0.333 e. The Morgan fingerprint density at radius 1 is 1.56 bits per heavy atom. The summed E-state index contributed by atoms with van der Waals surface area (Å²) in [4.78, 5) is 11.3. The van der Waals surface area contributed by atoms with E-state index in [2.05, 4.69) is 6.58 Å². The average Bonchev–Trinajstić information content (AvgIpc) is 2.26. The summed E-state index contributed by atoms with van der Waals surface area (Å²) in [5.41, 5.74) is 0.392. The second kappa shape index (κ2) is 9.12. The first-order valence-electron chi connectivity index (χ1n) is 5.34. The molecule has 0 aromatic carbocycles. The van der Waals surface area contributed by atoms with Gasteiger partial charge < -0.3 is 14.6 Å². The number of hydrogen-bond donors (Lipinski definition) is 1. The lowest BCUT2D eigenvalue weighted by Crippen LogP contribution is -2.15. The lowest BCUT2D eigenvalue weighted by molar-refractivity contribution is -0.139. The van der Waals surface area contributed by atoms with Gasteiger partial charge >= 0.3 is 5.97 Å². The van der Waals surface area contributed by atoms with Crippen molar-refractivity contribution in [1.29, 1.82) is 0 Å². The van der Waals surface area contributed by atoms with Crippen LogP contribution in [0.4, 0.5) is 0 Å². The van der Waals surface area contributed by atoms with E-state index < -0.39 is 12.1 Å². The van der Waals surface area contributed by atoms with Gasteiger partial charge in [0.05, 0.1) is 25.9 Å². The number of carbonyl (C=O) groups excluding carboxylic acids is 1. The highest BCUT2D eigenvalue weighted by Gasteiger charge is 2.08. The molecule has 4 nitrogen and oxygen atoms in total. The summed E-state index contributed by atoms with van der Waals surface area (Å²) in [6, 6.07) is 0. The van der Waals surface area contributed by atoms with Crippen LogP contribution in [0.2, 0.25) is 0 Å². The number of ether oxygens (including phenoxy) is 2. The number of hydrogen-bond acceptors (Lipinski definition) is 4. The first-order chi connectivity index (χ1) is 7.61. The quantitative estimate of drug-likeness (QED) is 0.296. The zero-order chi connectivity index (χ0) is 12.4. The molecule has 16 heavy (non-hydrogen) atoms. The maximum Gasteiger partial charge on any atom is 0.333 e. The molecule has 0 aliphatic carbocycles. The maximum absolute atomic E-state index is 11.3. The van der Waals surface area contributed by atoms with Gasteiger partial charge in [-0.3, -0.25) is 0 Å². The highest BCUT2D eigenvalue weighted by Crippen LogP contribution is 2.00. The van der Waals surface area contributed by atoms with Crippen LogP contribution in [0.3, 0.4) is 0 Å². The van der Waals surface area contributed by atoms with Gasteiger partial charge in [-0.2, -0.15) is 0 Å². The van der Waals surface area contributed by atoms with Crippen molar-refractivity contribution in [3.8, 4) is 0 Å². The molecule has 0 aromatic heterocycles. The Morgan fingerprint density at radius 2 is 2.25 bits per heavy atom. The van der Waals surface area contributed by atoms with Gasteiger partial charge in [0.2, 0.25) is 0 Å². The van der Waals surface area contributed by atoms with Gasteiger partial charge in [0.25, 0.3) is 0 Å². The van der Waals surface area contributed by atoms with Crippen LogP contribution in [0.15, 0.2) is 24.3 Å². The monoisotopic (exact) mass is 228 g/mol. The van der Waals surface area contributed by atoms with Crippen LogP contribution in [0.25, 0.3) is 0 Å². The Balaban J connectivity index is 3.98. The first kappa shape index (κ1) is 14.9. The highest BCUT2D eigenvalue weighted by molar-refractivity contribution is 5.87. The van der Waals surface area contributed by atoms with E-state index >= 15 is 0 Å². The first-order valence-corrected chi connectivity index (χ1v) is 5.34.